The molecule has 12 heavy (non-hydrogen) atoms. The monoisotopic (exact) mass is 229 g/mol. The fourth-order valence-electron chi connectivity index (χ4n) is 1.06. The van der Waals surface area contributed by atoms with Crippen LogP contribution in [-0.4, -0.2) is 11.7 Å². The number of benzene rings is 1. The Morgan fingerprint density at radius 2 is 2.17 bits per heavy atom. The molecule has 0 spiro atoms. The third-order valence-corrected chi connectivity index (χ3v) is 2.63. The van der Waals surface area contributed by atoms with Crippen LogP contribution in [0.2, 0.25) is 0 Å². The van der Waals surface area contributed by atoms with E-state index in [-0.39, 0.29) is 0 Å². The Hall–Kier alpha value is -0.540. The summed E-state index contributed by atoms with van der Waals surface area (Å²) in [5, 5.41) is 9.47. The van der Waals surface area contributed by atoms with Gasteiger partial charge in [-0.2, -0.15) is 0 Å². The Balaban J connectivity index is 3.05. The molecule has 3 N–H and O–H groups in total. The molecule has 0 aliphatic carbocycles. The highest BCUT2D eigenvalue weighted by molar-refractivity contribution is 9.10. The zero-order valence-electron chi connectivity index (χ0n) is 6.97. The predicted octanol–water partition coefficient (Wildman–Crippen LogP) is 1.96. The van der Waals surface area contributed by atoms with Crippen LogP contribution in [0.1, 0.15) is 11.1 Å². The van der Waals surface area contributed by atoms with E-state index in [0.717, 1.165) is 15.6 Å². The summed E-state index contributed by atoms with van der Waals surface area (Å²) in [7, 11) is 0. The van der Waals surface area contributed by atoms with E-state index in [2.05, 4.69) is 15.9 Å². The van der Waals surface area contributed by atoms with Crippen molar-refractivity contribution in [3.63, 3.8) is 0 Å². The number of aromatic hydroxyl groups is 1. The van der Waals surface area contributed by atoms with E-state index in [1.54, 1.807) is 6.07 Å². The minimum absolute atomic E-state index is 0.334. The molecule has 0 heterocycles. The first-order valence-corrected chi connectivity index (χ1v) is 4.62. The molecule has 0 unspecified atom stereocenters. The molecule has 0 amide bonds. The minimum atomic E-state index is 0.334. The fourth-order valence-corrected chi connectivity index (χ4v) is 1.45. The van der Waals surface area contributed by atoms with E-state index >= 15 is 0 Å². The van der Waals surface area contributed by atoms with E-state index in [9.17, 15) is 5.11 Å². The predicted molar refractivity (Wildman–Crippen MR) is 53.3 cm³/mol. The molecule has 0 radical (unpaired) electrons. The third kappa shape index (κ3) is 1.99. The maximum absolute atomic E-state index is 9.47. The van der Waals surface area contributed by atoms with E-state index < -0.39 is 0 Å². The second-order valence-electron chi connectivity index (χ2n) is 2.77. The number of rotatable bonds is 2. The standard InChI is InChI=1S/C9H12BrNO/c1-6-4-9(12)7(2-3-11)5-8(6)10/h4-5,12H,2-3,11H2,1H3. The number of hydrogen-bond donors (Lipinski definition) is 2. The van der Waals surface area contributed by atoms with Gasteiger partial charge in [-0.25, -0.2) is 0 Å². The molecule has 0 aliphatic rings. The molecule has 3 heteroatoms. The van der Waals surface area contributed by atoms with Crippen molar-refractivity contribution in [3.05, 3.63) is 27.7 Å². The van der Waals surface area contributed by atoms with Crippen molar-refractivity contribution in [2.45, 2.75) is 13.3 Å². The molecule has 2 nitrogen and oxygen atoms in total. The topological polar surface area (TPSA) is 46.2 Å². The van der Waals surface area contributed by atoms with E-state index in [0.29, 0.717) is 18.7 Å². The second-order valence-corrected chi connectivity index (χ2v) is 3.62. The summed E-state index contributed by atoms with van der Waals surface area (Å²) in [6.07, 6.45) is 0.713. The number of nitrogens with two attached hydrogens (primary N) is 1. The fraction of sp³-hybridized carbons (Fsp3) is 0.333. The Bertz CT molecular complexity index is 286. The van der Waals surface area contributed by atoms with Gasteiger partial charge in [-0.05, 0) is 43.1 Å². The maximum Gasteiger partial charge on any atom is 0.119 e. The molecule has 0 atom stereocenters. The van der Waals surface area contributed by atoms with Crippen LogP contribution in [0.15, 0.2) is 16.6 Å². The van der Waals surface area contributed by atoms with Crippen LogP contribution >= 0.6 is 15.9 Å². The first kappa shape index (κ1) is 9.55. The van der Waals surface area contributed by atoms with Gasteiger partial charge in [0.1, 0.15) is 5.75 Å². The highest BCUT2D eigenvalue weighted by atomic mass is 79.9. The number of phenols is 1. The molecule has 0 aromatic heterocycles. The summed E-state index contributed by atoms with van der Waals surface area (Å²) in [6, 6.07) is 3.66. The minimum Gasteiger partial charge on any atom is -0.508 e. The Morgan fingerprint density at radius 1 is 1.50 bits per heavy atom. The lowest BCUT2D eigenvalue weighted by atomic mass is 10.1. The number of halogens is 1. The summed E-state index contributed by atoms with van der Waals surface area (Å²) >= 11 is 3.40. The third-order valence-electron chi connectivity index (χ3n) is 1.77. The van der Waals surface area contributed by atoms with Gasteiger partial charge in [0.15, 0.2) is 0 Å². The summed E-state index contributed by atoms with van der Waals surface area (Å²) in [4.78, 5) is 0. The van der Waals surface area contributed by atoms with Crippen molar-refractivity contribution in [1.82, 2.24) is 0 Å². The zero-order valence-corrected chi connectivity index (χ0v) is 8.56. The molecular formula is C9H12BrNO. The SMILES string of the molecule is Cc1cc(O)c(CCN)cc1Br. The Kier molecular flexibility index (Phi) is 3.12. The second kappa shape index (κ2) is 3.92. The molecule has 0 saturated carbocycles. The Labute approximate surface area is 80.5 Å². The van der Waals surface area contributed by atoms with Crippen LogP contribution in [0.3, 0.4) is 0 Å². The van der Waals surface area contributed by atoms with Crippen molar-refractivity contribution in [2.24, 2.45) is 5.73 Å². The summed E-state index contributed by atoms with van der Waals surface area (Å²) in [5.74, 6) is 0.334. The van der Waals surface area contributed by atoms with Crippen molar-refractivity contribution in [1.29, 1.82) is 0 Å². The van der Waals surface area contributed by atoms with E-state index in [4.69, 9.17) is 5.73 Å². The van der Waals surface area contributed by atoms with Gasteiger partial charge in [0.05, 0.1) is 0 Å². The average molecular weight is 230 g/mol. The lowest BCUT2D eigenvalue weighted by Gasteiger charge is -2.05. The summed E-state index contributed by atoms with van der Waals surface area (Å²) < 4.78 is 1.02. The lowest BCUT2D eigenvalue weighted by Crippen LogP contribution is -2.03. The van der Waals surface area contributed by atoms with Gasteiger partial charge in [0, 0.05) is 4.47 Å². The average Bonchev–Trinajstić information content (AvgIpc) is 2.01. The van der Waals surface area contributed by atoms with Crippen LogP contribution in [0, 0.1) is 6.92 Å². The van der Waals surface area contributed by atoms with Crippen molar-refractivity contribution in [2.75, 3.05) is 6.54 Å². The van der Waals surface area contributed by atoms with Crippen molar-refractivity contribution < 1.29 is 5.11 Å². The molecule has 0 bridgehead atoms. The zero-order chi connectivity index (χ0) is 9.14. The highest BCUT2D eigenvalue weighted by Gasteiger charge is 2.03. The van der Waals surface area contributed by atoms with Gasteiger partial charge < -0.3 is 10.8 Å². The van der Waals surface area contributed by atoms with Crippen LogP contribution in [0.5, 0.6) is 5.75 Å². The van der Waals surface area contributed by atoms with Gasteiger partial charge in [0.2, 0.25) is 0 Å². The summed E-state index contributed by atoms with van der Waals surface area (Å²) in [5.41, 5.74) is 7.32. The smallest absolute Gasteiger partial charge is 0.119 e. The van der Waals surface area contributed by atoms with Gasteiger partial charge >= 0.3 is 0 Å². The number of aryl methyl sites for hydroxylation is 1. The molecule has 0 fully saturated rings. The molecule has 0 saturated heterocycles. The van der Waals surface area contributed by atoms with Crippen LogP contribution < -0.4 is 5.73 Å². The van der Waals surface area contributed by atoms with E-state index in [1.807, 2.05) is 13.0 Å². The molecular weight excluding hydrogens is 218 g/mol. The quantitative estimate of drug-likeness (QED) is 0.815. The normalized spacial score (nSPS) is 10.2. The van der Waals surface area contributed by atoms with Crippen LogP contribution in [-0.2, 0) is 6.42 Å². The van der Waals surface area contributed by atoms with Gasteiger partial charge in [-0.3, -0.25) is 0 Å². The molecule has 1 aromatic carbocycles. The lowest BCUT2D eigenvalue weighted by molar-refractivity contribution is 0.467. The molecule has 1 aromatic rings. The number of hydrogen-bond acceptors (Lipinski definition) is 2. The van der Waals surface area contributed by atoms with Gasteiger partial charge in [-0.1, -0.05) is 15.9 Å². The largest absolute Gasteiger partial charge is 0.508 e. The number of phenolic OH excluding ortho intramolecular Hbond substituents is 1. The first-order valence-electron chi connectivity index (χ1n) is 3.83. The molecule has 1 rings (SSSR count). The van der Waals surface area contributed by atoms with Crippen LogP contribution in [0.25, 0.3) is 0 Å². The van der Waals surface area contributed by atoms with Gasteiger partial charge in [0.25, 0.3) is 0 Å². The van der Waals surface area contributed by atoms with Crippen LogP contribution in [0.4, 0.5) is 0 Å². The Morgan fingerprint density at radius 3 is 2.75 bits per heavy atom. The van der Waals surface area contributed by atoms with E-state index in [1.165, 1.54) is 0 Å². The molecule has 0 aliphatic heterocycles. The van der Waals surface area contributed by atoms with Gasteiger partial charge in [-0.15, -0.1) is 0 Å². The highest BCUT2D eigenvalue weighted by Crippen LogP contribution is 2.25. The molecule has 66 valence electrons. The summed E-state index contributed by atoms with van der Waals surface area (Å²) in [6.45, 7) is 2.50. The van der Waals surface area contributed by atoms with Crippen molar-refractivity contribution >= 4 is 15.9 Å². The first-order chi connectivity index (χ1) is 5.65. The van der Waals surface area contributed by atoms with Crippen molar-refractivity contribution in [3.8, 4) is 5.75 Å². The maximum atomic E-state index is 9.47.